The van der Waals surface area contributed by atoms with Gasteiger partial charge in [-0.15, -0.1) is 11.3 Å². The van der Waals surface area contributed by atoms with Crippen LogP contribution >= 0.6 is 11.3 Å². The molecule has 230 valence electrons. The van der Waals surface area contributed by atoms with E-state index in [2.05, 4.69) is 193 Å². The Morgan fingerprint density at radius 2 is 1.00 bits per heavy atom. The van der Waals surface area contributed by atoms with E-state index in [4.69, 9.17) is 0 Å². The molecule has 1 heterocycles. The maximum Gasteiger partial charge on any atom is 0.0640 e. The molecule has 0 spiro atoms. The number of hydrogen-bond acceptors (Lipinski definition) is 3. The Balaban J connectivity index is 1.33. The van der Waals surface area contributed by atoms with Crippen molar-refractivity contribution < 1.29 is 0 Å². The molecule has 2 atom stereocenters. The molecule has 0 fully saturated rings. The average molecular weight is 635 g/mol. The molecule has 0 amide bonds. The highest BCUT2D eigenvalue weighted by molar-refractivity contribution is 7.27. The molecule has 0 bridgehead atoms. The predicted molar refractivity (Wildman–Crippen MR) is 209 cm³/mol. The highest BCUT2D eigenvalue weighted by Crippen LogP contribution is 2.49. The third kappa shape index (κ3) is 4.70. The molecule has 0 saturated heterocycles. The molecule has 8 aromatic rings. The number of thiophene rings is 1. The van der Waals surface area contributed by atoms with Crippen LogP contribution in [0.5, 0.6) is 0 Å². The van der Waals surface area contributed by atoms with Gasteiger partial charge in [-0.2, -0.15) is 0 Å². The van der Waals surface area contributed by atoms with E-state index in [-0.39, 0.29) is 6.04 Å². The van der Waals surface area contributed by atoms with E-state index in [0.29, 0.717) is 5.92 Å². The first-order valence-electron chi connectivity index (χ1n) is 16.7. The molecule has 1 aliphatic carbocycles. The highest BCUT2D eigenvalue weighted by atomic mass is 32.1. The van der Waals surface area contributed by atoms with Gasteiger partial charge in [0, 0.05) is 27.5 Å². The molecule has 9 rings (SSSR count). The molecule has 3 heteroatoms. The molecular formula is C45H34N2S. The summed E-state index contributed by atoms with van der Waals surface area (Å²) in [6.07, 6.45) is 9.11. The Morgan fingerprint density at radius 3 is 1.69 bits per heavy atom. The lowest BCUT2D eigenvalue weighted by Gasteiger charge is -2.37. The Kier molecular flexibility index (Phi) is 7.06. The van der Waals surface area contributed by atoms with Gasteiger partial charge < -0.3 is 9.80 Å². The Labute approximate surface area is 285 Å². The number of benzene rings is 7. The second-order valence-corrected chi connectivity index (χ2v) is 13.6. The van der Waals surface area contributed by atoms with Crippen LogP contribution < -0.4 is 9.80 Å². The summed E-state index contributed by atoms with van der Waals surface area (Å²) in [5.41, 5.74) is 5.95. The highest BCUT2D eigenvalue weighted by Gasteiger charge is 2.29. The summed E-state index contributed by atoms with van der Waals surface area (Å²) in [6, 6.07) is 55.3. The van der Waals surface area contributed by atoms with Crippen molar-refractivity contribution in [3.63, 3.8) is 0 Å². The molecule has 7 aromatic carbocycles. The lowest BCUT2D eigenvalue weighted by molar-refractivity contribution is 0.611. The first-order valence-corrected chi connectivity index (χ1v) is 17.5. The lowest BCUT2D eigenvalue weighted by atomic mass is 9.92. The topological polar surface area (TPSA) is 6.48 Å². The molecule has 2 nitrogen and oxygen atoms in total. The molecule has 1 aromatic heterocycles. The fourth-order valence-corrected chi connectivity index (χ4v) is 8.77. The summed E-state index contributed by atoms with van der Waals surface area (Å²) in [4.78, 5) is 5.01. The average Bonchev–Trinajstić information content (AvgIpc) is 3.54. The Bertz CT molecular complexity index is 2450. The summed E-state index contributed by atoms with van der Waals surface area (Å²) >= 11 is 1.90. The van der Waals surface area contributed by atoms with Gasteiger partial charge in [0.15, 0.2) is 0 Å². The quantitative estimate of drug-likeness (QED) is 0.168. The zero-order chi connectivity index (χ0) is 32.0. The molecule has 48 heavy (non-hydrogen) atoms. The molecule has 0 radical (unpaired) electrons. The van der Waals surface area contributed by atoms with Gasteiger partial charge in [-0.1, -0.05) is 140 Å². The molecule has 0 saturated carbocycles. The number of rotatable bonds is 6. The van der Waals surface area contributed by atoms with Gasteiger partial charge in [-0.05, 0) is 64.5 Å². The van der Waals surface area contributed by atoms with Crippen molar-refractivity contribution in [2.45, 2.75) is 13.0 Å². The summed E-state index contributed by atoms with van der Waals surface area (Å²) in [5.74, 6) is 0.326. The van der Waals surface area contributed by atoms with Crippen LogP contribution in [0.25, 0.3) is 41.7 Å². The van der Waals surface area contributed by atoms with Gasteiger partial charge in [0.25, 0.3) is 0 Å². The van der Waals surface area contributed by atoms with Crippen LogP contribution in [0, 0.1) is 5.92 Å². The zero-order valence-corrected chi connectivity index (χ0v) is 27.5. The van der Waals surface area contributed by atoms with Crippen LogP contribution in [0.4, 0.5) is 28.4 Å². The molecular weight excluding hydrogens is 601 g/mol. The number of anilines is 5. The summed E-state index contributed by atoms with van der Waals surface area (Å²) in [6.45, 7) is 2.33. The van der Waals surface area contributed by atoms with Gasteiger partial charge in [0.1, 0.15) is 0 Å². The predicted octanol–water partition coefficient (Wildman–Crippen LogP) is 13.1. The second kappa shape index (κ2) is 11.9. The maximum atomic E-state index is 2.61. The molecule has 0 N–H and O–H groups in total. The van der Waals surface area contributed by atoms with Crippen LogP contribution in [-0.4, -0.2) is 6.04 Å². The number of hydrogen-bond donors (Lipinski definition) is 0. The fraction of sp³-hybridized carbons (Fsp3) is 0.0667. The summed E-state index contributed by atoms with van der Waals surface area (Å²) in [5, 5.41) is 7.66. The Morgan fingerprint density at radius 1 is 0.458 bits per heavy atom. The van der Waals surface area contributed by atoms with Crippen molar-refractivity contribution in [3.8, 4) is 0 Å². The monoisotopic (exact) mass is 634 g/mol. The normalized spacial score (nSPS) is 15.9. The van der Waals surface area contributed by atoms with Crippen LogP contribution in [0.2, 0.25) is 0 Å². The van der Waals surface area contributed by atoms with Gasteiger partial charge in [0.05, 0.1) is 32.5 Å². The van der Waals surface area contributed by atoms with Crippen LogP contribution in [0.15, 0.2) is 176 Å². The maximum absolute atomic E-state index is 2.61. The number of fused-ring (bicyclic) bond motifs is 6. The van der Waals surface area contributed by atoms with Crippen LogP contribution in [-0.2, 0) is 0 Å². The first kappa shape index (κ1) is 28.6. The van der Waals surface area contributed by atoms with Gasteiger partial charge in [-0.3, -0.25) is 0 Å². The van der Waals surface area contributed by atoms with Crippen molar-refractivity contribution in [1.29, 1.82) is 0 Å². The van der Waals surface area contributed by atoms with E-state index in [0.717, 1.165) is 11.4 Å². The third-order valence-corrected chi connectivity index (χ3v) is 11.0. The van der Waals surface area contributed by atoms with Crippen molar-refractivity contribution in [3.05, 3.63) is 176 Å². The van der Waals surface area contributed by atoms with E-state index in [1.165, 1.54) is 58.8 Å². The molecule has 1 aliphatic rings. The van der Waals surface area contributed by atoms with Crippen molar-refractivity contribution >= 4 is 81.5 Å². The van der Waals surface area contributed by atoms with Gasteiger partial charge in [0.2, 0.25) is 0 Å². The smallest absolute Gasteiger partial charge is 0.0640 e. The molecule has 2 unspecified atom stereocenters. The van der Waals surface area contributed by atoms with E-state index in [1.54, 1.807) is 0 Å². The minimum atomic E-state index is 0.153. The van der Waals surface area contributed by atoms with Crippen molar-refractivity contribution in [1.82, 2.24) is 0 Å². The van der Waals surface area contributed by atoms with E-state index >= 15 is 0 Å². The van der Waals surface area contributed by atoms with E-state index in [1.807, 2.05) is 11.3 Å². The molecule has 0 aliphatic heterocycles. The summed E-state index contributed by atoms with van der Waals surface area (Å²) < 4.78 is 2.58. The fourth-order valence-electron chi connectivity index (χ4n) is 7.45. The Hall–Kier alpha value is -5.64. The second-order valence-electron chi connectivity index (χ2n) is 12.6. The van der Waals surface area contributed by atoms with E-state index in [9.17, 15) is 0 Å². The lowest BCUT2D eigenvalue weighted by Crippen LogP contribution is -2.35. The summed E-state index contributed by atoms with van der Waals surface area (Å²) in [7, 11) is 0. The van der Waals surface area contributed by atoms with Crippen molar-refractivity contribution in [2.75, 3.05) is 9.80 Å². The van der Waals surface area contributed by atoms with Gasteiger partial charge >= 0.3 is 0 Å². The largest absolute Gasteiger partial charge is 0.332 e. The van der Waals surface area contributed by atoms with Crippen LogP contribution in [0.3, 0.4) is 0 Å². The standard InChI is InChI=1S/C45H34N2S/c1-31-16-8-13-27-40(31)47(43-30-32-17-9-10-22-35(32)36-23-11-12-24-37(36)43)42-29-15-26-39-38-25-14-28-41(44(38)48-45(39)42)46(33-18-4-2-5-19-33)34-20-6-3-7-21-34/h2-31,40H,1H3. The SMILES string of the molecule is CC1C=CC=CC1N(c1cc2ccccc2c2ccccc12)c1cccc2c1sc1c(N(c3ccccc3)c3ccccc3)cccc12. The first-order chi connectivity index (χ1) is 23.8. The van der Waals surface area contributed by atoms with Crippen LogP contribution in [0.1, 0.15) is 6.92 Å². The minimum Gasteiger partial charge on any atom is -0.332 e. The van der Waals surface area contributed by atoms with E-state index < -0.39 is 0 Å². The minimum absolute atomic E-state index is 0.153. The number of para-hydroxylation sites is 2. The zero-order valence-electron chi connectivity index (χ0n) is 26.7. The number of allylic oxidation sites excluding steroid dienone is 2. The van der Waals surface area contributed by atoms with Gasteiger partial charge in [-0.25, -0.2) is 0 Å². The number of nitrogens with zero attached hydrogens (tertiary/aromatic N) is 2. The van der Waals surface area contributed by atoms with Crippen molar-refractivity contribution in [2.24, 2.45) is 5.92 Å². The third-order valence-electron chi connectivity index (χ3n) is 9.69.